The van der Waals surface area contributed by atoms with E-state index < -0.39 is 17.4 Å². The maximum Gasteiger partial charge on any atom is 0.313 e. The van der Waals surface area contributed by atoms with Crippen molar-refractivity contribution in [2.24, 2.45) is 0 Å². The van der Waals surface area contributed by atoms with Gasteiger partial charge in [-0.25, -0.2) is 0 Å². The van der Waals surface area contributed by atoms with Gasteiger partial charge >= 0.3 is 11.8 Å². The number of nitrogens with zero attached hydrogens (tertiary/aromatic N) is 1. The Morgan fingerprint density at radius 3 is 2.50 bits per heavy atom. The fourth-order valence-corrected chi connectivity index (χ4v) is 3.67. The number of carbonyl (C=O) groups is 3. The largest absolute Gasteiger partial charge is 0.372 e. The van der Waals surface area contributed by atoms with Gasteiger partial charge in [-0.05, 0) is 36.6 Å². The lowest BCUT2D eigenvalue weighted by atomic mass is 9.90. The SMILES string of the molecule is CCC(CNC(=O)C(=O)Nc1cccc(N2CCCC2=O)c1)(OC)c1ccccc1. The molecular formula is C23H27N3O4. The minimum atomic E-state index is -0.769. The highest BCUT2D eigenvalue weighted by Gasteiger charge is 2.31. The van der Waals surface area contributed by atoms with Gasteiger partial charge in [-0.2, -0.15) is 0 Å². The molecule has 2 N–H and O–H groups in total. The van der Waals surface area contributed by atoms with Gasteiger partial charge in [0.15, 0.2) is 0 Å². The molecule has 2 aromatic rings. The highest BCUT2D eigenvalue weighted by atomic mass is 16.5. The molecule has 0 aromatic heterocycles. The molecule has 1 heterocycles. The van der Waals surface area contributed by atoms with Gasteiger partial charge in [0.1, 0.15) is 5.60 Å². The smallest absolute Gasteiger partial charge is 0.313 e. The first-order valence-electron chi connectivity index (χ1n) is 10.1. The topological polar surface area (TPSA) is 87.7 Å². The molecule has 0 bridgehead atoms. The molecule has 0 radical (unpaired) electrons. The second-order valence-corrected chi connectivity index (χ2v) is 7.25. The molecule has 30 heavy (non-hydrogen) atoms. The fourth-order valence-electron chi connectivity index (χ4n) is 3.67. The molecule has 3 rings (SSSR count). The third kappa shape index (κ3) is 4.68. The molecule has 2 aromatic carbocycles. The first-order chi connectivity index (χ1) is 14.5. The summed E-state index contributed by atoms with van der Waals surface area (Å²) in [6.45, 7) is 2.79. The van der Waals surface area contributed by atoms with Crippen molar-refractivity contribution in [3.63, 3.8) is 0 Å². The summed E-state index contributed by atoms with van der Waals surface area (Å²) in [6.07, 6.45) is 1.97. The monoisotopic (exact) mass is 409 g/mol. The molecule has 1 atom stereocenters. The van der Waals surface area contributed by atoms with Crippen LogP contribution in [0.3, 0.4) is 0 Å². The Balaban J connectivity index is 1.63. The van der Waals surface area contributed by atoms with Crippen LogP contribution in [0.15, 0.2) is 54.6 Å². The summed E-state index contributed by atoms with van der Waals surface area (Å²) in [4.78, 5) is 38.4. The van der Waals surface area contributed by atoms with Crippen LogP contribution in [0.25, 0.3) is 0 Å². The second kappa shape index (κ2) is 9.54. The van der Waals surface area contributed by atoms with E-state index in [0.29, 0.717) is 30.8 Å². The minimum absolute atomic E-state index is 0.0626. The Bertz CT molecular complexity index is 910. The first-order valence-corrected chi connectivity index (χ1v) is 10.1. The van der Waals surface area contributed by atoms with E-state index >= 15 is 0 Å². The van der Waals surface area contributed by atoms with E-state index in [2.05, 4.69) is 10.6 Å². The Morgan fingerprint density at radius 1 is 1.10 bits per heavy atom. The molecule has 158 valence electrons. The number of carbonyl (C=O) groups excluding carboxylic acids is 3. The maximum absolute atomic E-state index is 12.4. The van der Waals surface area contributed by atoms with Crippen LogP contribution in [0.1, 0.15) is 31.7 Å². The molecule has 7 nitrogen and oxygen atoms in total. The zero-order valence-corrected chi connectivity index (χ0v) is 17.3. The summed E-state index contributed by atoms with van der Waals surface area (Å²) in [7, 11) is 1.59. The Kier molecular flexibility index (Phi) is 6.84. The first kappa shape index (κ1) is 21.5. The van der Waals surface area contributed by atoms with Crippen molar-refractivity contribution in [3.05, 3.63) is 60.2 Å². The number of methoxy groups -OCH3 is 1. The number of amides is 3. The average molecular weight is 409 g/mol. The van der Waals surface area contributed by atoms with Crippen molar-refractivity contribution in [1.29, 1.82) is 0 Å². The maximum atomic E-state index is 12.4. The molecule has 1 saturated heterocycles. The number of benzene rings is 2. The fraction of sp³-hybridized carbons (Fsp3) is 0.348. The number of nitrogens with one attached hydrogen (secondary N) is 2. The van der Waals surface area contributed by atoms with Crippen molar-refractivity contribution in [2.75, 3.05) is 30.4 Å². The molecule has 1 aliphatic rings. The highest BCUT2D eigenvalue weighted by molar-refractivity contribution is 6.39. The molecular weight excluding hydrogens is 382 g/mol. The van der Waals surface area contributed by atoms with E-state index in [9.17, 15) is 14.4 Å². The quantitative estimate of drug-likeness (QED) is 0.689. The van der Waals surface area contributed by atoms with E-state index in [-0.39, 0.29) is 12.5 Å². The molecule has 0 saturated carbocycles. The number of rotatable bonds is 7. The highest BCUT2D eigenvalue weighted by Crippen LogP contribution is 2.28. The number of anilines is 2. The van der Waals surface area contributed by atoms with Gasteiger partial charge in [-0.3, -0.25) is 14.4 Å². The van der Waals surface area contributed by atoms with Crippen LogP contribution >= 0.6 is 0 Å². The molecule has 0 aliphatic carbocycles. The number of hydrogen-bond acceptors (Lipinski definition) is 4. The summed E-state index contributed by atoms with van der Waals surface area (Å²) in [5.41, 5.74) is 1.39. The normalized spacial score (nSPS) is 15.5. The molecule has 1 aliphatic heterocycles. The predicted octanol–water partition coefficient (Wildman–Crippen LogP) is 2.82. The summed E-state index contributed by atoms with van der Waals surface area (Å²) in [6, 6.07) is 16.5. The van der Waals surface area contributed by atoms with Crippen molar-refractivity contribution in [2.45, 2.75) is 31.8 Å². The van der Waals surface area contributed by atoms with Crippen LogP contribution < -0.4 is 15.5 Å². The van der Waals surface area contributed by atoms with E-state index in [1.165, 1.54) is 0 Å². The third-order valence-electron chi connectivity index (χ3n) is 5.49. The van der Waals surface area contributed by atoms with Crippen LogP contribution in [0.4, 0.5) is 11.4 Å². The van der Waals surface area contributed by atoms with E-state index in [4.69, 9.17) is 4.74 Å². The van der Waals surface area contributed by atoms with E-state index in [0.717, 1.165) is 12.0 Å². The van der Waals surface area contributed by atoms with Gasteiger partial charge in [0.2, 0.25) is 5.91 Å². The lowest BCUT2D eigenvalue weighted by Gasteiger charge is -2.32. The van der Waals surface area contributed by atoms with Gasteiger partial charge in [0, 0.05) is 31.5 Å². The van der Waals surface area contributed by atoms with E-state index in [1.807, 2.05) is 43.3 Å². The zero-order valence-electron chi connectivity index (χ0n) is 17.3. The third-order valence-corrected chi connectivity index (χ3v) is 5.49. The Labute approximate surface area is 176 Å². The Morgan fingerprint density at radius 2 is 1.87 bits per heavy atom. The second-order valence-electron chi connectivity index (χ2n) is 7.25. The lowest BCUT2D eigenvalue weighted by molar-refractivity contribution is -0.137. The molecule has 1 fully saturated rings. The molecule has 7 heteroatoms. The van der Waals surface area contributed by atoms with E-state index in [1.54, 1.807) is 30.2 Å². The summed E-state index contributed by atoms with van der Waals surface area (Å²) >= 11 is 0. The van der Waals surface area contributed by atoms with Gasteiger partial charge in [0.05, 0.1) is 6.54 Å². The summed E-state index contributed by atoms with van der Waals surface area (Å²) < 4.78 is 5.72. The van der Waals surface area contributed by atoms with Crippen molar-refractivity contribution in [3.8, 4) is 0 Å². The average Bonchev–Trinajstić information content (AvgIpc) is 3.21. The van der Waals surface area contributed by atoms with Crippen LogP contribution in [0.5, 0.6) is 0 Å². The summed E-state index contributed by atoms with van der Waals surface area (Å²) in [5, 5.41) is 5.28. The molecule has 0 spiro atoms. The standard InChI is InChI=1S/C23H27N3O4/c1-3-23(30-2,17-9-5-4-6-10-17)16-24-21(28)22(29)25-18-11-7-12-19(15-18)26-14-8-13-20(26)27/h4-7,9-12,15H,3,8,13-14,16H2,1-2H3,(H,24,28)(H,25,29). The number of ether oxygens (including phenoxy) is 1. The van der Waals surface area contributed by atoms with Crippen LogP contribution in [0, 0.1) is 0 Å². The van der Waals surface area contributed by atoms with Crippen molar-refractivity contribution in [1.82, 2.24) is 5.32 Å². The van der Waals surface area contributed by atoms with Crippen LogP contribution in [-0.4, -0.2) is 37.9 Å². The van der Waals surface area contributed by atoms with Crippen molar-refractivity contribution >= 4 is 29.1 Å². The lowest BCUT2D eigenvalue weighted by Crippen LogP contribution is -2.45. The Hall–Kier alpha value is -3.19. The number of hydrogen-bond donors (Lipinski definition) is 2. The van der Waals surface area contributed by atoms with Crippen LogP contribution in [-0.2, 0) is 24.7 Å². The molecule has 1 unspecified atom stereocenters. The van der Waals surface area contributed by atoms with Crippen molar-refractivity contribution < 1.29 is 19.1 Å². The van der Waals surface area contributed by atoms with Gasteiger partial charge < -0.3 is 20.3 Å². The van der Waals surface area contributed by atoms with Crippen LogP contribution in [0.2, 0.25) is 0 Å². The summed E-state index contributed by atoms with van der Waals surface area (Å²) in [5.74, 6) is -1.45. The predicted molar refractivity (Wildman–Crippen MR) is 115 cm³/mol. The minimum Gasteiger partial charge on any atom is -0.372 e. The van der Waals surface area contributed by atoms with Gasteiger partial charge in [-0.15, -0.1) is 0 Å². The zero-order chi connectivity index (χ0) is 21.6. The molecule has 3 amide bonds. The van der Waals surface area contributed by atoms with Gasteiger partial charge in [-0.1, -0.05) is 43.3 Å². The van der Waals surface area contributed by atoms with Gasteiger partial charge in [0.25, 0.3) is 0 Å².